The van der Waals surface area contributed by atoms with Crippen molar-refractivity contribution >= 4 is 39.6 Å². The normalized spacial score (nSPS) is 23.7. The van der Waals surface area contributed by atoms with Crippen LogP contribution in [0.1, 0.15) is 5.01 Å². The maximum Gasteiger partial charge on any atom is 0.228 e. The van der Waals surface area contributed by atoms with Crippen molar-refractivity contribution in [2.75, 3.05) is 39.5 Å². The second kappa shape index (κ2) is 8.51. The number of hydrogen-bond acceptors (Lipinski definition) is 6. The molecule has 1 aliphatic carbocycles. The van der Waals surface area contributed by atoms with E-state index in [1.807, 2.05) is 60.7 Å². The van der Waals surface area contributed by atoms with E-state index in [0.29, 0.717) is 6.61 Å². The second-order valence-corrected chi connectivity index (χ2v) is 8.93. The van der Waals surface area contributed by atoms with Gasteiger partial charge < -0.3 is 15.2 Å². The Morgan fingerprint density at radius 2 is 1.90 bits per heavy atom. The van der Waals surface area contributed by atoms with E-state index in [0.717, 1.165) is 58.5 Å². The molecule has 1 amide bonds. The summed E-state index contributed by atoms with van der Waals surface area (Å²) in [5, 5.41) is 2.76. The van der Waals surface area contributed by atoms with Crippen LogP contribution in [0.2, 0.25) is 0 Å². The highest BCUT2D eigenvalue weighted by molar-refractivity contribution is 7.18. The Morgan fingerprint density at radius 3 is 2.68 bits per heavy atom. The van der Waals surface area contributed by atoms with Gasteiger partial charge in [0.25, 0.3) is 0 Å². The average molecular weight is 436 g/mol. The maximum absolute atomic E-state index is 12.7. The van der Waals surface area contributed by atoms with Gasteiger partial charge in [0.15, 0.2) is 5.60 Å². The lowest BCUT2D eigenvalue weighted by atomic mass is 9.81. The van der Waals surface area contributed by atoms with Gasteiger partial charge in [-0.15, -0.1) is 11.3 Å². The summed E-state index contributed by atoms with van der Waals surface area (Å²) < 4.78 is 13.1. The molecule has 0 radical (unpaired) electrons. The molecule has 6 nitrogen and oxygen atoms in total. The van der Waals surface area contributed by atoms with E-state index >= 15 is 0 Å². The number of fused-ring (bicyclic) bond motifs is 2. The largest absolute Gasteiger partial charge is 0.379 e. The minimum Gasteiger partial charge on any atom is -0.379 e. The van der Waals surface area contributed by atoms with Crippen LogP contribution in [0.4, 0.5) is 0 Å². The van der Waals surface area contributed by atoms with Gasteiger partial charge in [0.05, 0.1) is 36.0 Å². The molecule has 2 aromatic carbocycles. The summed E-state index contributed by atoms with van der Waals surface area (Å²) in [5.74, 6) is -1.07. The predicted molar refractivity (Wildman–Crippen MR) is 122 cm³/mol. The van der Waals surface area contributed by atoms with Crippen LogP contribution in [0.15, 0.2) is 48.5 Å². The van der Waals surface area contributed by atoms with Crippen LogP contribution in [0.5, 0.6) is 0 Å². The molecule has 7 heteroatoms. The molecule has 1 aromatic heterocycles. The second-order valence-electron chi connectivity index (χ2n) is 7.90. The molecule has 0 bridgehead atoms. The van der Waals surface area contributed by atoms with E-state index in [1.54, 1.807) is 11.3 Å². The van der Waals surface area contributed by atoms with Crippen molar-refractivity contribution in [3.63, 3.8) is 0 Å². The summed E-state index contributed by atoms with van der Waals surface area (Å²) in [5.41, 5.74) is 5.79. The fraction of sp³-hybridized carbons (Fsp3) is 0.333. The zero-order chi connectivity index (χ0) is 21.3. The van der Waals surface area contributed by atoms with Crippen LogP contribution < -0.4 is 16.2 Å². The Hall–Kier alpha value is -2.58. The molecule has 1 saturated heterocycles. The molecule has 1 aliphatic heterocycles. The highest BCUT2D eigenvalue weighted by atomic mass is 32.1. The molecular formula is C24H25N3O3S. The molecular weight excluding hydrogens is 410 g/mol. The molecule has 2 atom stereocenters. The van der Waals surface area contributed by atoms with Gasteiger partial charge in [0.2, 0.25) is 5.91 Å². The summed E-state index contributed by atoms with van der Waals surface area (Å²) in [4.78, 5) is 19.9. The number of carbonyl (C=O) groups excluding carboxylic acids is 1. The van der Waals surface area contributed by atoms with Crippen LogP contribution in [-0.4, -0.2) is 55.2 Å². The number of ether oxygens (including phenoxy) is 2. The Balaban J connectivity index is 1.59. The number of rotatable bonds is 6. The molecule has 2 aliphatic rings. The van der Waals surface area contributed by atoms with Gasteiger partial charge >= 0.3 is 0 Å². The number of nitrogens with two attached hydrogens (primary N) is 1. The fourth-order valence-electron chi connectivity index (χ4n) is 4.31. The van der Waals surface area contributed by atoms with Crippen LogP contribution in [0.3, 0.4) is 0 Å². The Labute approximate surface area is 184 Å². The Morgan fingerprint density at radius 1 is 1.16 bits per heavy atom. The number of benzene rings is 2. The maximum atomic E-state index is 12.7. The van der Waals surface area contributed by atoms with E-state index in [1.165, 1.54) is 0 Å². The molecule has 1 fully saturated rings. The van der Waals surface area contributed by atoms with Gasteiger partial charge in [-0.1, -0.05) is 42.5 Å². The minimum atomic E-state index is -1.03. The zero-order valence-electron chi connectivity index (χ0n) is 17.2. The predicted octanol–water partition coefficient (Wildman–Crippen LogP) is 1.22. The lowest BCUT2D eigenvalue weighted by molar-refractivity contribution is -0.128. The lowest BCUT2D eigenvalue weighted by Crippen LogP contribution is -2.50. The fourth-order valence-corrected chi connectivity index (χ4v) is 5.43. The summed E-state index contributed by atoms with van der Waals surface area (Å²) in [6.45, 7) is 4.47. The number of nitrogens with zero attached hydrogens (tertiary/aromatic N) is 2. The summed E-state index contributed by atoms with van der Waals surface area (Å²) in [6.07, 6.45) is 3.97. The quantitative estimate of drug-likeness (QED) is 0.630. The van der Waals surface area contributed by atoms with Crippen LogP contribution in [0.25, 0.3) is 22.4 Å². The van der Waals surface area contributed by atoms with Gasteiger partial charge in [-0.25, -0.2) is 4.98 Å². The molecule has 2 heterocycles. The number of morpholine rings is 1. The Kier molecular flexibility index (Phi) is 5.58. The first kappa shape index (κ1) is 20.3. The van der Waals surface area contributed by atoms with Gasteiger partial charge in [0.1, 0.15) is 5.01 Å². The summed E-state index contributed by atoms with van der Waals surface area (Å²) >= 11 is 1.56. The highest BCUT2D eigenvalue weighted by Crippen LogP contribution is 2.41. The third-order valence-corrected chi connectivity index (χ3v) is 7.13. The molecule has 3 aromatic rings. The highest BCUT2D eigenvalue weighted by Gasteiger charge is 2.46. The van der Waals surface area contributed by atoms with E-state index < -0.39 is 17.4 Å². The molecule has 0 spiro atoms. The number of carbonyl (C=O) groups is 1. The molecule has 5 rings (SSSR count). The topological polar surface area (TPSA) is 77.7 Å². The lowest BCUT2D eigenvalue weighted by Gasteiger charge is -2.36. The van der Waals surface area contributed by atoms with Crippen molar-refractivity contribution in [2.24, 2.45) is 11.7 Å². The van der Waals surface area contributed by atoms with Crippen molar-refractivity contribution < 1.29 is 14.3 Å². The van der Waals surface area contributed by atoms with Crippen molar-refractivity contribution in [3.8, 4) is 0 Å². The first-order chi connectivity index (χ1) is 15.2. The van der Waals surface area contributed by atoms with Crippen molar-refractivity contribution in [2.45, 2.75) is 5.60 Å². The number of thiazole rings is 1. The standard InChI is InChI=1S/C24H25N3O3S/c25-22(28)19-15-17-5-1-2-6-18(17)16-24(19,30-14-11-27-9-12-29-13-10-27)23-26-20-7-3-4-8-21(20)31-23/h1-8,15-16,19H,9-14H2,(H2,25,28). The SMILES string of the molecule is NC(=O)C1C=c2ccccc2=CC1(OCCN1CCOCC1)c1nc2ccccc2s1. The monoisotopic (exact) mass is 435 g/mol. The average Bonchev–Trinajstić information content (AvgIpc) is 3.24. The minimum absolute atomic E-state index is 0.420. The first-order valence-corrected chi connectivity index (χ1v) is 11.4. The van der Waals surface area contributed by atoms with Gasteiger partial charge in [0, 0.05) is 19.6 Å². The number of primary amides is 1. The Bertz CT molecular complexity index is 1190. The smallest absolute Gasteiger partial charge is 0.228 e. The van der Waals surface area contributed by atoms with Gasteiger partial charge in [-0.3, -0.25) is 9.69 Å². The van der Waals surface area contributed by atoms with Crippen molar-refractivity contribution in [1.82, 2.24) is 9.88 Å². The molecule has 2 unspecified atom stereocenters. The third-order valence-electron chi connectivity index (χ3n) is 5.96. The van der Waals surface area contributed by atoms with Gasteiger partial charge in [-0.05, 0) is 28.6 Å². The molecule has 2 N–H and O–H groups in total. The van der Waals surface area contributed by atoms with Crippen LogP contribution in [0, 0.1) is 5.92 Å². The number of hydrogen-bond donors (Lipinski definition) is 1. The van der Waals surface area contributed by atoms with Crippen molar-refractivity contribution in [3.05, 3.63) is 64.0 Å². The van der Waals surface area contributed by atoms with Gasteiger partial charge in [-0.2, -0.15) is 0 Å². The van der Waals surface area contributed by atoms with E-state index in [-0.39, 0.29) is 0 Å². The number of aromatic nitrogens is 1. The molecule has 31 heavy (non-hydrogen) atoms. The van der Waals surface area contributed by atoms with E-state index in [9.17, 15) is 4.79 Å². The summed E-state index contributed by atoms with van der Waals surface area (Å²) in [7, 11) is 0. The number of para-hydroxylation sites is 1. The number of amides is 1. The zero-order valence-corrected chi connectivity index (χ0v) is 18.0. The van der Waals surface area contributed by atoms with Crippen LogP contribution in [-0.2, 0) is 19.9 Å². The first-order valence-electron chi connectivity index (χ1n) is 10.5. The molecule has 160 valence electrons. The van der Waals surface area contributed by atoms with Crippen LogP contribution >= 0.6 is 11.3 Å². The van der Waals surface area contributed by atoms with E-state index in [4.69, 9.17) is 20.2 Å². The third kappa shape index (κ3) is 3.90. The van der Waals surface area contributed by atoms with Crippen molar-refractivity contribution in [1.29, 1.82) is 0 Å². The molecule has 0 saturated carbocycles. The van der Waals surface area contributed by atoms with E-state index in [2.05, 4.69) is 4.90 Å². The summed E-state index contributed by atoms with van der Waals surface area (Å²) in [6, 6.07) is 16.0.